The smallest absolute Gasteiger partial charge is 0.0705 e. The van der Waals surface area contributed by atoms with Gasteiger partial charge >= 0.3 is 0 Å². The van der Waals surface area contributed by atoms with Gasteiger partial charge in [0.25, 0.3) is 0 Å². The van der Waals surface area contributed by atoms with E-state index in [2.05, 4.69) is 52.6 Å². The molecular formula is C15H19N3. The van der Waals surface area contributed by atoms with E-state index in [1.54, 1.807) is 0 Å². The van der Waals surface area contributed by atoms with Crippen molar-refractivity contribution < 1.29 is 0 Å². The maximum absolute atomic E-state index is 4.66. The Morgan fingerprint density at radius 2 is 2.06 bits per heavy atom. The van der Waals surface area contributed by atoms with Crippen molar-refractivity contribution >= 4 is 10.9 Å². The normalized spacial score (nSPS) is 16.9. The number of likely N-dealkylation sites (tertiary alicyclic amines) is 1. The van der Waals surface area contributed by atoms with Crippen LogP contribution >= 0.6 is 0 Å². The van der Waals surface area contributed by atoms with Crippen LogP contribution in [0.5, 0.6) is 0 Å². The fraction of sp³-hybridized carbons (Fsp3) is 0.400. The number of rotatable bonds is 4. The van der Waals surface area contributed by atoms with Gasteiger partial charge in [0.1, 0.15) is 0 Å². The van der Waals surface area contributed by atoms with Crippen LogP contribution < -0.4 is 5.32 Å². The quantitative estimate of drug-likeness (QED) is 0.886. The first-order valence-corrected chi connectivity index (χ1v) is 6.55. The zero-order chi connectivity index (χ0) is 12.4. The summed E-state index contributed by atoms with van der Waals surface area (Å²) in [5.41, 5.74) is 2.21. The van der Waals surface area contributed by atoms with Crippen molar-refractivity contribution in [3.8, 4) is 0 Å². The molecule has 1 aromatic heterocycles. The van der Waals surface area contributed by atoms with Gasteiger partial charge in [-0.2, -0.15) is 0 Å². The highest BCUT2D eigenvalue weighted by atomic mass is 15.2. The van der Waals surface area contributed by atoms with E-state index < -0.39 is 0 Å². The monoisotopic (exact) mass is 241 g/mol. The minimum absolute atomic E-state index is 0.815. The third-order valence-corrected chi connectivity index (χ3v) is 3.53. The van der Waals surface area contributed by atoms with Crippen molar-refractivity contribution in [1.29, 1.82) is 0 Å². The predicted molar refractivity (Wildman–Crippen MR) is 74.4 cm³/mol. The van der Waals surface area contributed by atoms with Crippen molar-refractivity contribution in [3.05, 3.63) is 42.1 Å². The van der Waals surface area contributed by atoms with Crippen LogP contribution in [0.25, 0.3) is 10.9 Å². The highest BCUT2D eigenvalue weighted by molar-refractivity contribution is 5.78. The second-order valence-corrected chi connectivity index (χ2v) is 5.21. The lowest BCUT2D eigenvalue weighted by Crippen LogP contribution is -2.48. The SMILES string of the molecule is CN1CC(CNCc2ccc3ccccc3n2)C1. The molecule has 0 radical (unpaired) electrons. The van der Waals surface area contributed by atoms with Gasteiger partial charge in [0.05, 0.1) is 11.2 Å². The Labute approximate surface area is 108 Å². The fourth-order valence-electron chi connectivity index (χ4n) is 2.57. The topological polar surface area (TPSA) is 28.2 Å². The van der Waals surface area contributed by atoms with Crippen LogP contribution in [0.1, 0.15) is 5.69 Å². The molecule has 3 nitrogen and oxygen atoms in total. The minimum atomic E-state index is 0.815. The standard InChI is InChI=1S/C15H19N3/c1-18-10-12(11-18)8-16-9-14-7-6-13-4-2-3-5-15(13)17-14/h2-7,12,16H,8-11H2,1H3. The second kappa shape index (κ2) is 5.04. The molecular weight excluding hydrogens is 222 g/mol. The Kier molecular flexibility index (Phi) is 3.26. The van der Waals surface area contributed by atoms with Gasteiger partial charge in [-0.1, -0.05) is 24.3 Å². The molecule has 3 rings (SSSR count). The summed E-state index contributed by atoms with van der Waals surface area (Å²) in [5.74, 6) is 0.815. The van der Waals surface area contributed by atoms with Crippen molar-refractivity contribution in [2.75, 3.05) is 26.7 Å². The molecule has 1 aliphatic heterocycles. The second-order valence-electron chi connectivity index (χ2n) is 5.21. The summed E-state index contributed by atoms with van der Waals surface area (Å²) in [6.45, 7) is 4.40. The van der Waals surface area contributed by atoms with E-state index in [1.165, 1.54) is 18.5 Å². The van der Waals surface area contributed by atoms with Crippen LogP contribution in [0, 0.1) is 5.92 Å². The fourth-order valence-corrected chi connectivity index (χ4v) is 2.57. The van der Waals surface area contributed by atoms with Gasteiger partial charge in [0.15, 0.2) is 0 Å². The summed E-state index contributed by atoms with van der Waals surface area (Å²) in [4.78, 5) is 7.01. The van der Waals surface area contributed by atoms with Crippen LogP contribution in [0.4, 0.5) is 0 Å². The zero-order valence-electron chi connectivity index (χ0n) is 10.8. The number of hydrogen-bond acceptors (Lipinski definition) is 3. The first-order chi connectivity index (χ1) is 8.81. The van der Waals surface area contributed by atoms with Crippen LogP contribution in [0.15, 0.2) is 36.4 Å². The molecule has 1 saturated heterocycles. The number of hydrogen-bond donors (Lipinski definition) is 1. The molecule has 18 heavy (non-hydrogen) atoms. The maximum atomic E-state index is 4.66. The molecule has 0 aliphatic carbocycles. The first-order valence-electron chi connectivity index (χ1n) is 6.55. The summed E-state index contributed by atoms with van der Waals surface area (Å²) in [6, 6.07) is 12.5. The molecule has 0 unspecified atom stereocenters. The number of pyridine rings is 1. The van der Waals surface area contributed by atoms with E-state index >= 15 is 0 Å². The van der Waals surface area contributed by atoms with Gasteiger partial charge < -0.3 is 10.2 Å². The molecule has 1 aromatic carbocycles. The van der Waals surface area contributed by atoms with E-state index in [4.69, 9.17) is 0 Å². The van der Waals surface area contributed by atoms with Gasteiger partial charge in [0.2, 0.25) is 0 Å². The van der Waals surface area contributed by atoms with Gasteiger partial charge in [-0.05, 0) is 25.1 Å². The largest absolute Gasteiger partial charge is 0.311 e. The molecule has 1 N–H and O–H groups in total. The Hall–Kier alpha value is -1.45. The minimum Gasteiger partial charge on any atom is -0.311 e. The molecule has 1 aliphatic rings. The molecule has 2 heterocycles. The molecule has 94 valence electrons. The van der Waals surface area contributed by atoms with Gasteiger partial charge in [-0.25, -0.2) is 0 Å². The average molecular weight is 241 g/mol. The van der Waals surface area contributed by atoms with Crippen LogP contribution in [-0.4, -0.2) is 36.6 Å². The van der Waals surface area contributed by atoms with Gasteiger partial charge in [-0.3, -0.25) is 4.98 Å². The van der Waals surface area contributed by atoms with E-state index in [0.29, 0.717) is 0 Å². The Bertz CT molecular complexity index is 532. The Morgan fingerprint density at radius 1 is 1.22 bits per heavy atom. The molecule has 1 fully saturated rings. The summed E-state index contributed by atoms with van der Waals surface area (Å²) < 4.78 is 0. The Morgan fingerprint density at radius 3 is 2.89 bits per heavy atom. The summed E-state index contributed by atoms with van der Waals surface area (Å²) >= 11 is 0. The number of benzene rings is 1. The van der Waals surface area contributed by atoms with Crippen molar-refractivity contribution in [2.24, 2.45) is 5.92 Å². The lowest BCUT2D eigenvalue weighted by atomic mass is 10.0. The van der Waals surface area contributed by atoms with Gasteiger partial charge in [0, 0.05) is 31.6 Å². The third kappa shape index (κ3) is 2.52. The summed E-state index contributed by atoms with van der Waals surface area (Å²) in [7, 11) is 2.17. The molecule has 0 saturated carbocycles. The van der Waals surface area contributed by atoms with E-state index in [9.17, 15) is 0 Å². The molecule has 0 atom stereocenters. The van der Waals surface area contributed by atoms with E-state index in [-0.39, 0.29) is 0 Å². The summed E-state index contributed by atoms with van der Waals surface area (Å²) in [6.07, 6.45) is 0. The van der Waals surface area contributed by atoms with Crippen molar-refractivity contribution in [2.45, 2.75) is 6.54 Å². The van der Waals surface area contributed by atoms with Crippen LogP contribution in [0.2, 0.25) is 0 Å². The molecule has 3 heteroatoms. The van der Waals surface area contributed by atoms with Gasteiger partial charge in [-0.15, -0.1) is 0 Å². The molecule has 2 aromatic rings. The Balaban J connectivity index is 1.57. The lowest BCUT2D eigenvalue weighted by molar-refractivity contribution is 0.132. The van der Waals surface area contributed by atoms with Crippen LogP contribution in [-0.2, 0) is 6.54 Å². The number of nitrogens with one attached hydrogen (secondary N) is 1. The van der Waals surface area contributed by atoms with Crippen molar-refractivity contribution in [1.82, 2.24) is 15.2 Å². The van der Waals surface area contributed by atoms with E-state index in [0.717, 1.165) is 30.2 Å². The molecule has 0 spiro atoms. The third-order valence-electron chi connectivity index (χ3n) is 3.53. The predicted octanol–water partition coefficient (Wildman–Crippen LogP) is 1.89. The first kappa shape index (κ1) is 11.6. The number of fused-ring (bicyclic) bond motifs is 1. The number of para-hydroxylation sites is 1. The number of aromatic nitrogens is 1. The molecule has 0 bridgehead atoms. The lowest BCUT2D eigenvalue weighted by Gasteiger charge is -2.36. The zero-order valence-corrected chi connectivity index (χ0v) is 10.8. The highest BCUT2D eigenvalue weighted by Gasteiger charge is 2.22. The highest BCUT2D eigenvalue weighted by Crippen LogP contribution is 2.13. The van der Waals surface area contributed by atoms with Crippen LogP contribution in [0.3, 0.4) is 0 Å². The maximum Gasteiger partial charge on any atom is 0.0705 e. The average Bonchev–Trinajstić information content (AvgIpc) is 2.36. The van der Waals surface area contributed by atoms with E-state index in [1.807, 2.05) is 6.07 Å². The van der Waals surface area contributed by atoms with Crippen molar-refractivity contribution in [3.63, 3.8) is 0 Å². The molecule has 0 amide bonds. The summed E-state index contributed by atoms with van der Waals surface area (Å²) in [5, 5.41) is 4.71. The number of nitrogens with zero attached hydrogens (tertiary/aromatic N) is 2.